The fraction of sp³-hybridized carbons (Fsp3) is 0.318. The van der Waals surface area contributed by atoms with E-state index in [1.807, 2.05) is 35.2 Å². The van der Waals surface area contributed by atoms with Crippen molar-refractivity contribution in [3.05, 3.63) is 47.5 Å². The first-order chi connectivity index (χ1) is 14.7. The molecule has 2 aromatic carbocycles. The third-order valence-electron chi connectivity index (χ3n) is 5.43. The number of rotatable bonds is 5. The summed E-state index contributed by atoms with van der Waals surface area (Å²) in [5.41, 5.74) is 2.84. The molecule has 1 fully saturated rings. The normalized spacial score (nSPS) is 17.0. The van der Waals surface area contributed by atoms with Crippen LogP contribution in [0.25, 0.3) is 21.3 Å². The number of piperidine rings is 1. The van der Waals surface area contributed by atoms with Gasteiger partial charge in [0.1, 0.15) is 5.75 Å². The topological polar surface area (TPSA) is 71.1 Å². The lowest BCUT2D eigenvalue weighted by atomic mass is 9.99. The Morgan fingerprint density at radius 2 is 2.17 bits per heavy atom. The number of thioether (sulfide) groups is 1. The number of aromatic amines is 1. The van der Waals surface area contributed by atoms with E-state index >= 15 is 0 Å². The van der Waals surface area contributed by atoms with E-state index in [2.05, 4.69) is 22.1 Å². The first-order valence-corrected chi connectivity index (χ1v) is 11.8. The van der Waals surface area contributed by atoms with E-state index in [4.69, 9.17) is 9.72 Å². The summed E-state index contributed by atoms with van der Waals surface area (Å²) < 4.78 is 6.47. The summed E-state index contributed by atoms with van der Waals surface area (Å²) in [5.74, 6) is 1.64. The highest BCUT2D eigenvalue weighted by molar-refractivity contribution is 7.99. The summed E-state index contributed by atoms with van der Waals surface area (Å²) in [4.78, 5) is 27.5. The number of methoxy groups -OCH3 is 1. The standard InChI is InChI=1S/C22H22N4O2S2/c1-28-15-8-9-16-18(11-15)25-22(24-16)29-13-20(27)26-10-4-5-14(12-26)21-23-17-6-2-3-7-19(17)30-21/h2-3,6-9,11,14H,4-5,10,12-13H2,1H3,(H,24,25)/t14-/m0/s1. The Labute approximate surface area is 182 Å². The lowest BCUT2D eigenvalue weighted by Gasteiger charge is -2.31. The number of H-pyrrole nitrogens is 1. The van der Waals surface area contributed by atoms with Crippen LogP contribution in [0.3, 0.4) is 0 Å². The van der Waals surface area contributed by atoms with Crippen molar-refractivity contribution >= 4 is 50.3 Å². The van der Waals surface area contributed by atoms with Gasteiger partial charge in [-0.15, -0.1) is 11.3 Å². The van der Waals surface area contributed by atoms with E-state index in [9.17, 15) is 4.79 Å². The largest absolute Gasteiger partial charge is 0.497 e. The molecule has 0 radical (unpaired) electrons. The van der Waals surface area contributed by atoms with Crippen molar-refractivity contribution in [3.63, 3.8) is 0 Å². The highest BCUT2D eigenvalue weighted by Gasteiger charge is 2.27. The summed E-state index contributed by atoms with van der Waals surface area (Å²) in [6.07, 6.45) is 2.10. The van der Waals surface area contributed by atoms with Crippen molar-refractivity contribution in [1.29, 1.82) is 0 Å². The third kappa shape index (κ3) is 3.89. The third-order valence-corrected chi connectivity index (χ3v) is 7.49. The van der Waals surface area contributed by atoms with E-state index in [1.54, 1.807) is 18.4 Å². The molecule has 5 rings (SSSR count). The Morgan fingerprint density at radius 1 is 1.27 bits per heavy atom. The van der Waals surface area contributed by atoms with Crippen LogP contribution in [0.15, 0.2) is 47.6 Å². The molecule has 0 bridgehead atoms. The predicted octanol–water partition coefficient (Wildman–Crippen LogP) is 4.68. The fourth-order valence-electron chi connectivity index (χ4n) is 3.85. The molecule has 154 valence electrons. The van der Waals surface area contributed by atoms with Gasteiger partial charge in [-0.1, -0.05) is 23.9 Å². The van der Waals surface area contributed by atoms with Crippen molar-refractivity contribution in [1.82, 2.24) is 19.9 Å². The monoisotopic (exact) mass is 438 g/mol. The number of benzene rings is 2. The maximum Gasteiger partial charge on any atom is 0.233 e. The average molecular weight is 439 g/mol. The molecular formula is C22H22N4O2S2. The first-order valence-electron chi connectivity index (χ1n) is 9.99. The van der Waals surface area contributed by atoms with Gasteiger partial charge in [-0.2, -0.15) is 0 Å². The quantitative estimate of drug-likeness (QED) is 0.458. The predicted molar refractivity (Wildman–Crippen MR) is 122 cm³/mol. The maximum atomic E-state index is 12.9. The molecule has 1 atom stereocenters. The van der Waals surface area contributed by atoms with E-state index < -0.39 is 0 Å². The smallest absolute Gasteiger partial charge is 0.233 e. The van der Waals surface area contributed by atoms with Gasteiger partial charge in [-0.05, 0) is 37.1 Å². The molecule has 1 aliphatic rings. The van der Waals surface area contributed by atoms with Crippen LogP contribution < -0.4 is 4.74 Å². The summed E-state index contributed by atoms with van der Waals surface area (Å²) in [7, 11) is 1.64. The molecule has 1 amide bonds. The molecular weight excluding hydrogens is 416 g/mol. The Hall–Kier alpha value is -2.58. The lowest BCUT2D eigenvalue weighted by molar-refractivity contribution is -0.129. The average Bonchev–Trinajstić information content (AvgIpc) is 3.40. The number of aromatic nitrogens is 3. The second-order valence-electron chi connectivity index (χ2n) is 7.41. The fourth-order valence-corrected chi connectivity index (χ4v) is 5.73. The molecule has 1 N–H and O–H groups in total. The van der Waals surface area contributed by atoms with Gasteiger partial charge in [0.25, 0.3) is 0 Å². The Morgan fingerprint density at radius 3 is 3.03 bits per heavy atom. The van der Waals surface area contributed by atoms with E-state index in [1.165, 1.54) is 16.5 Å². The molecule has 8 heteroatoms. The van der Waals surface area contributed by atoms with E-state index in [-0.39, 0.29) is 5.91 Å². The zero-order valence-electron chi connectivity index (χ0n) is 16.6. The van der Waals surface area contributed by atoms with Gasteiger partial charge >= 0.3 is 0 Å². The second-order valence-corrected chi connectivity index (χ2v) is 9.44. The van der Waals surface area contributed by atoms with E-state index in [0.717, 1.165) is 58.4 Å². The molecule has 0 saturated carbocycles. The zero-order valence-corrected chi connectivity index (χ0v) is 18.3. The Kier molecular flexibility index (Phi) is 5.35. The first kappa shape index (κ1) is 19.4. The minimum absolute atomic E-state index is 0.156. The van der Waals surface area contributed by atoms with E-state index in [0.29, 0.717) is 11.7 Å². The number of hydrogen-bond acceptors (Lipinski definition) is 6. The Bertz CT molecular complexity index is 1170. The van der Waals surface area contributed by atoms with Crippen LogP contribution >= 0.6 is 23.1 Å². The Balaban J connectivity index is 1.23. The number of nitrogens with zero attached hydrogens (tertiary/aromatic N) is 3. The van der Waals surface area contributed by atoms with Crippen LogP contribution in [-0.4, -0.2) is 51.7 Å². The number of imidazole rings is 1. The van der Waals surface area contributed by atoms with Gasteiger partial charge in [0.2, 0.25) is 5.91 Å². The van der Waals surface area contributed by atoms with Crippen LogP contribution in [-0.2, 0) is 4.79 Å². The number of carbonyl (C=O) groups is 1. The van der Waals surface area contributed by atoms with Crippen LogP contribution in [0.2, 0.25) is 0 Å². The molecule has 3 heterocycles. The molecule has 30 heavy (non-hydrogen) atoms. The molecule has 0 aliphatic carbocycles. The number of carbonyl (C=O) groups excluding carboxylic acids is 1. The minimum Gasteiger partial charge on any atom is -0.497 e. The van der Waals surface area contributed by atoms with Crippen molar-refractivity contribution in [3.8, 4) is 5.75 Å². The summed E-state index contributed by atoms with van der Waals surface area (Å²) in [6, 6.07) is 14.0. The van der Waals surface area contributed by atoms with Crippen molar-refractivity contribution in [2.24, 2.45) is 0 Å². The molecule has 0 spiro atoms. The number of fused-ring (bicyclic) bond motifs is 2. The minimum atomic E-state index is 0.156. The molecule has 1 aliphatic heterocycles. The summed E-state index contributed by atoms with van der Waals surface area (Å²) >= 11 is 3.20. The number of thiazole rings is 1. The van der Waals surface area contributed by atoms with Crippen LogP contribution in [0.4, 0.5) is 0 Å². The van der Waals surface area contributed by atoms with Gasteiger partial charge in [0.05, 0.1) is 39.1 Å². The zero-order chi connectivity index (χ0) is 20.5. The van der Waals surface area contributed by atoms with Gasteiger partial charge in [-0.3, -0.25) is 4.79 Å². The van der Waals surface area contributed by atoms with Gasteiger partial charge in [0, 0.05) is 25.1 Å². The number of ether oxygens (including phenoxy) is 1. The molecule has 0 unspecified atom stereocenters. The van der Waals surface area contributed by atoms with Gasteiger partial charge in [-0.25, -0.2) is 9.97 Å². The summed E-state index contributed by atoms with van der Waals surface area (Å²) in [5, 5.41) is 1.90. The highest BCUT2D eigenvalue weighted by atomic mass is 32.2. The molecule has 4 aromatic rings. The molecule has 2 aromatic heterocycles. The van der Waals surface area contributed by atoms with Crippen LogP contribution in [0, 0.1) is 0 Å². The van der Waals surface area contributed by atoms with Crippen molar-refractivity contribution in [2.45, 2.75) is 23.9 Å². The number of hydrogen-bond donors (Lipinski definition) is 1. The number of para-hydroxylation sites is 1. The number of amides is 1. The van der Waals surface area contributed by atoms with Crippen LogP contribution in [0.1, 0.15) is 23.8 Å². The van der Waals surface area contributed by atoms with Gasteiger partial charge < -0.3 is 14.6 Å². The SMILES string of the molecule is COc1ccc2nc(SCC(=O)N3CCC[C@H](c4nc5ccccc5s4)C3)[nH]c2c1. The van der Waals surface area contributed by atoms with Gasteiger partial charge in [0.15, 0.2) is 5.16 Å². The van der Waals surface area contributed by atoms with Crippen molar-refractivity contribution in [2.75, 3.05) is 26.0 Å². The molecule has 1 saturated heterocycles. The van der Waals surface area contributed by atoms with Crippen molar-refractivity contribution < 1.29 is 9.53 Å². The molecule has 6 nitrogen and oxygen atoms in total. The summed E-state index contributed by atoms with van der Waals surface area (Å²) in [6.45, 7) is 1.56. The number of likely N-dealkylation sites (tertiary alicyclic amines) is 1. The second kappa shape index (κ2) is 8.28. The maximum absolute atomic E-state index is 12.9. The number of nitrogens with one attached hydrogen (secondary N) is 1. The lowest BCUT2D eigenvalue weighted by Crippen LogP contribution is -2.40. The highest BCUT2D eigenvalue weighted by Crippen LogP contribution is 2.33. The van der Waals surface area contributed by atoms with Crippen LogP contribution in [0.5, 0.6) is 5.75 Å².